The number of nitrogens with one attached hydrogen (secondary N) is 1. The van der Waals surface area contributed by atoms with Crippen LogP contribution in [0.25, 0.3) is 11.0 Å². The van der Waals surface area contributed by atoms with Gasteiger partial charge in [-0.25, -0.2) is 15.0 Å². The maximum atomic E-state index is 5.81. The molecule has 0 aliphatic carbocycles. The van der Waals surface area contributed by atoms with Gasteiger partial charge in [-0.1, -0.05) is 12.1 Å². The summed E-state index contributed by atoms with van der Waals surface area (Å²) in [4.78, 5) is 16.3. The van der Waals surface area contributed by atoms with Crippen LogP contribution >= 0.6 is 11.8 Å². The number of H-pyrrole nitrogens is 1. The number of benzene rings is 1. The average Bonchev–Trinajstić information content (AvgIpc) is 2.86. The number of hydrogen-bond acceptors (Lipinski definition) is 6. The standard InChI is InChI=1S/C14H15N5OS/c1-2-20-8-12-18-11(15)7-13(19-12)21-14-16-9-5-3-4-6-10(9)17-14/h3-7H,2,8H2,1H3,(H,16,17)(H2,15,18,19). The van der Waals surface area contributed by atoms with E-state index in [4.69, 9.17) is 10.5 Å². The third-order valence-electron chi connectivity index (χ3n) is 2.77. The van der Waals surface area contributed by atoms with Gasteiger partial charge in [0.05, 0.1) is 11.0 Å². The van der Waals surface area contributed by atoms with Crippen molar-refractivity contribution in [1.82, 2.24) is 19.9 Å². The van der Waals surface area contributed by atoms with E-state index in [1.54, 1.807) is 6.07 Å². The summed E-state index contributed by atoms with van der Waals surface area (Å²) >= 11 is 1.42. The fourth-order valence-corrected chi connectivity index (χ4v) is 2.71. The lowest BCUT2D eigenvalue weighted by molar-refractivity contribution is 0.128. The van der Waals surface area contributed by atoms with Crippen molar-refractivity contribution in [3.63, 3.8) is 0 Å². The molecule has 2 heterocycles. The summed E-state index contributed by atoms with van der Waals surface area (Å²) < 4.78 is 5.31. The number of rotatable bonds is 5. The van der Waals surface area contributed by atoms with Crippen molar-refractivity contribution in [3.05, 3.63) is 36.2 Å². The van der Waals surface area contributed by atoms with Gasteiger partial charge in [-0.15, -0.1) is 0 Å². The number of fused-ring (bicyclic) bond motifs is 1. The molecule has 0 fully saturated rings. The number of hydrogen-bond donors (Lipinski definition) is 2. The Morgan fingerprint density at radius 2 is 2.10 bits per heavy atom. The third kappa shape index (κ3) is 3.32. The zero-order valence-electron chi connectivity index (χ0n) is 11.5. The number of aromatic amines is 1. The quantitative estimate of drug-likeness (QED) is 0.704. The SMILES string of the molecule is CCOCc1nc(N)cc(Sc2nc3ccccc3[nH]2)n1. The summed E-state index contributed by atoms with van der Waals surface area (Å²) in [7, 11) is 0. The molecule has 3 aromatic rings. The van der Waals surface area contributed by atoms with Crippen LogP contribution < -0.4 is 5.73 Å². The average molecular weight is 301 g/mol. The van der Waals surface area contributed by atoms with Crippen LogP contribution in [0, 0.1) is 0 Å². The molecule has 6 nitrogen and oxygen atoms in total. The van der Waals surface area contributed by atoms with E-state index in [-0.39, 0.29) is 0 Å². The van der Waals surface area contributed by atoms with Gasteiger partial charge in [-0.3, -0.25) is 0 Å². The monoisotopic (exact) mass is 301 g/mol. The highest BCUT2D eigenvalue weighted by Crippen LogP contribution is 2.26. The minimum absolute atomic E-state index is 0.356. The number of nitrogens with zero attached hydrogens (tertiary/aromatic N) is 3. The molecule has 7 heteroatoms. The molecule has 1 aromatic carbocycles. The lowest BCUT2D eigenvalue weighted by Crippen LogP contribution is -2.03. The normalized spacial score (nSPS) is 11.1. The summed E-state index contributed by atoms with van der Waals surface area (Å²) in [6.45, 7) is 2.90. The number of nitrogens with two attached hydrogens (primary N) is 1. The smallest absolute Gasteiger partial charge is 0.172 e. The molecule has 21 heavy (non-hydrogen) atoms. The maximum absolute atomic E-state index is 5.81. The molecular weight excluding hydrogens is 286 g/mol. The Bertz CT molecular complexity index is 725. The van der Waals surface area contributed by atoms with Crippen molar-refractivity contribution in [2.75, 3.05) is 12.3 Å². The molecule has 108 valence electrons. The fourth-order valence-electron chi connectivity index (χ4n) is 1.88. The molecular formula is C14H15N5OS. The van der Waals surface area contributed by atoms with Gasteiger partial charge in [-0.2, -0.15) is 0 Å². The Kier molecular flexibility index (Phi) is 4.03. The number of para-hydroxylation sites is 2. The van der Waals surface area contributed by atoms with Crippen LogP contribution in [0.5, 0.6) is 0 Å². The van der Waals surface area contributed by atoms with E-state index in [9.17, 15) is 0 Å². The summed E-state index contributed by atoms with van der Waals surface area (Å²) in [6.07, 6.45) is 0. The van der Waals surface area contributed by atoms with Gasteiger partial charge in [0.25, 0.3) is 0 Å². The molecule has 2 aromatic heterocycles. The molecule has 0 amide bonds. The van der Waals surface area contributed by atoms with Crippen LogP contribution in [0.15, 0.2) is 40.5 Å². The topological polar surface area (TPSA) is 89.7 Å². The molecule has 0 saturated carbocycles. The van der Waals surface area contributed by atoms with Crippen molar-refractivity contribution < 1.29 is 4.74 Å². The van der Waals surface area contributed by atoms with Crippen LogP contribution in [0.4, 0.5) is 5.82 Å². The van der Waals surface area contributed by atoms with Gasteiger partial charge >= 0.3 is 0 Å². The van der Waals surface area contributed by atoms with Gasteiger partial charge in [-0.05, 0) is 30.8 Å². The molecule has 0 atom stereocenters. The summed E-state index contributed by atoms with van der Waals surface area (Å²) in [6, 6.07) is 9.61. The Labute approximate surface area is 126 Å². The van der Waals surface area contributed by atoms with Crippen LogP contribution in [-0.4, -0.2) is 26.5 Å². The van der Waals surface area contributed by atoms with Crippen LogP contribution in [0.2, 0.25) is 0 Å². The van der Waals surface area contributed by atoms with E-state index in [0.29, 0.717) is 24.9 Å². The fraction of sp³-hybridized carbons (Fsp3) is 0.214. The van der Waals surface area contributed by atoms with Gasteiger partial charge in [0.15, 0.2) is 11.0 Å². The van der Waals surface area contributed by atoms with E-state index in [1.807, 2.05) is 31.2 Å². The third-order valence-corrected chi connectivity index (χ3v) is 3.58. The second-order valence-electron chi connectivity index (χ2n) is 4.35. The molecule has 3 rings (SSSR count). The van der Waals surface area contributed by atoms with E-state index < -0.39 is 0 Å². The van der Waals surface area contributed by atoms with Gasteiger partial charge in [0.2, 0.25) is 0 Å². The molecule has 0 aliphatic rings. The number of imidazole rings is 1. The van der Waals surface area contributed by atoms with Crippen molar-refractivity contribution in [2.24, 2.45) is 0 Å². The van der Waals surface area contributed by atoms with Crippen molar-refractivity contribution >= 4 is 28.6 Å². The number of aromatic nitrogens is 4. The highest BCUT2D eigenvalue weighted by atomic mass is 32.2. The van der Waals surface area contributed by atoms with Gasteiger partial charge < -0.3 is 15.5 Å². The summed E-state index contributed by atoms with van der Waals surface area (Å²) in [5.74, 6) is 1.01. The molecule has 0 radical (unpaired) electrons. The van der Waals surface area contributed by atoms with E-state index in [2.05, 4.69) is 19.9 Å². The minimum atomic E-state index is 0.356. The zero-order valence-corrected chi connectivity index (χ0v) is 12.4. The van der Waals surface area contributed by atoms with Crippen molar-refractivity contribution in [3.8, 4) is 0 Å². The molecule has 0 aliphatic heterocycles. The molecule has 0 spiro atoms. The molecule has 0 saturated heterocycles. The number of nitrogen functional groups attached to an aromatic ring is 1. The van der Waals surface area contributed by atoms with E-state index in [1.165, 1.54) is 11.8 Å². The Balaban J connectivity index is 1.84. The Morgan fingerprint density at radius 1 is 1.24 bits per heavy atom. The first-order valence-corrected chi connectivity index (χ1v) is 7.40. The van der Waals surface area contributed by atoms with Crippen LogP contribution in [0.3, 0.4) is 0 Å². The Hall–Kier alpha value is -2.12. The van der Waals surface area contributed by atoms with E-state index in [0.717, 1.165) is 21.2 Å². The summed E-state index contributed by atoms with van der Waals surface area (Å²) in [5, 5.41) is 1.52. The van der Waals surface area contributed by atoms with Crippen molar-refractivity contribution in [1.29, 1.82) is 0 Å². The number of anilines is 1. The zero-order chi connectivity index (χ0) is 14.7. The molecule has 3 N–H and O–H groups in total. The first-order valence-electron chi connectivity index (χ1n) is 6.58. The maximum Gasteiger partial charge on any atom is 0.172 e. The molecule has 0 unspecified atom stereocenters. The first kappa shape index (κ1) is 13.8. The van der Waals surface area contributed by atoms with Gasteiger partial charge in [0.1, 0.15) is 17.5 Å². The minimum Gasteiger partial charge on any atom is -0.384 e. The first-order chi connectivity index (χ1) is 10.2. The lowest BCUT2D eigenvalue weighted by atomic mass is 10.3. The predicted octanol–water partition coefficient (Wildman–Crippen LogP) is 2.62. The van der Waals surface area contributed by atoms with Crippen LogP contribution in [0.1, 0.15) is 12.7 Å². The molecule has 0 bridgehead atoms. The number of ether oxygens (including phenoxy) is 1. The largest absolute Gasteiger partial charge is 0.384 e. The predicted molar refractivity (Wildman–Crippen MR) is 82.0 cm³/mol. The van der Waals surface area contributed by atoms with Crippen LogP contribution in [-0.2, 0) is 11.3 Å². The van der Waals surface area contributed by atoms with E-state index >= 15 is 0 Å². The Morgan fingerprint density at radius 3 is 2.90 bits per heavy atom. The second kappa shape index (κ2) is 6.11. The summed E-state index contributed by atoms with van der Waals surface area (Å²) in [5.41, 5.74) is 7.73. The second-order valence-corrected chi connectivity index (χ2v) is 5.35. The van der Waals surface area contributed by atoms with Gasteiger partial charge in [0, 0.05) is 12.7 Å². The highest BCUT2D eigenvalue weighted by molar-refractivity contribution is 7.99. The highest BCUT2D eigenvalue weighted by Gasteiger charge is 2.08. The van der Waals surface area contributed by atoms with Crippen molar-refractivity contribution in [2.45, 2.75) is 23.7 Å². The lowest BCUT2D eigenvalue weighted by Gasteiger charge is -2.04.